The van der Waals surface area contributed by atoms with Crippen LogP contribution in [0.5, 0.6) is 0 Å². The molecule has 0 radical (unpaired) electrons. The number of fused-ring (bicyclic) bond motifs is 1. The van der Waals surface area contributed by atoms with E-state index in [9.17, 15) is 14.4 Å². The van der Waals surface area contributed by atoms with E-state index in [-0.39, 0.29) is 17.6 Å². The molecular weight excluding hydrogens is 294 g/mol. The maximum Gasteiger partial charge on any atom is 0.339 e. The monoisotopic (exact) mass is 309 g/mol. The molecule has 0 saturated carbocycles. The van der Waals surface area contributed by atoms with Gasteiger partial charge in [0.05, 0.1) is 23.9 Å². The van der Waals surface area contributed by atoms with Crippen molar-refractivity contribution in [1.82, 2.24) is 9.55 Å². The van der Waals surface area contributed by atoms with Gasteiger partial charge in [0.25, 0.3) is 5.56 Å². The Bertz CT molecular complexity index is 749. The van der Waals surface area contributed by atoms with E-state index in [1.807, 2.05) is 0 Å². The molecule has 21 heavy (non-hydrogen) atoms. The van der Waals surface area contributed by atoms with Crippen molar-refractivity contribution >= 4 is 33.4 Å². The standard InChI is InChI=1S/C13H15N3O4S/c1-3-8(10(14)17)16-6-15-11-9(12(16)18)7(5-21-11)13(19)20-4-2/h5-6,8H,3-4H2,1-2H3,(H2,14,17). The number of hydrogen-bond donors (Lipinski definition) is 1. The first-order valence-corrected chi connectivity index (χ1v) is 7.33. The van der Waals surface area contributed by atoms with Gasteiger partial charge < -0.3 is 10.5 Å². The average molecular weight is 309 g/mol. The van der Waals surface area contributed by atoms with Crippen LogP contribution in [0.3, 0.4) is 0 Å². The van der Waals surface area contributed by atoms with E-state index in [1.165, 1.54) is 27.6 Å². The summed E-state index contributed by atoms with van der Waals surface area (Å²) in [6.07, 6.45) is 1.65. The molecule has 0 aliphatic carbocycles. The lowest BCUT2D eigenvalue weighted by Crippen LogP contribution is -2.33. The molecular formula is C13H15N3O4S. The fraction of sp³-hybridized carbons (Fsp3) is 0.385. The third-order valence-electron chi connectivity index (χ3n) is 3.07. The van der Waals surface area contributed by atoms with Crippen molar-refractivity contribution in [2.75, 3.05) is 6.61 Å². The zero-order valence-corrected chi connectivity index (χ0v) is 12.5. The number of carbonyl (C=O) groups excluding carboxylic acids is 2. The highest BCUT2D eigenvalue weighted by Crippen LogP contribution is 2.22. The van der Waals surface area contributed by atoms with Crippen molar-refractivity contribution in [1.29, 1.82) is 0 Å². The number of rotatable bonds is 5. The molecule has 2 aromatic rings. The van der Waals surface area contributed by atoms with Crippen LogP contribution in [-0.2, 0) is 9.53 Å². The van der Waals surface area contributed by atoms with Gasteiger partial charge in [-0.25, -0.2) is 9.78 Å². The molecule has 0 fully saturated rings. The number of carbonyl (C=O) groups is 2. The summed E-state index contributed by atoms with van der Waals surface area (Å²) >= 11 is 1.18. The maximum absolute atomic E-state index is 12.5. The fourth-order valence-corrected chi connectivity index (χ4v) is 2.93. The van der Waals surface area contributed by atoms with Crippen molar-refractivity contribution in [3.8, 4) is 0 Å². The first-order valence-electron chi connectivity index (χ1n) is 6.46. The van der Waals surface area contributed by atoms with E-state index in [4.69, 9.17) is 10.5 Å². The van der Waals surface area contributed by atoms with Gasteiger partial charge in [-0.15, -0.1) is 11.3 Å². The van der Waals surface area contributed by atoms with Crippen molar-refractivity contribution in [2.24, 2.45) is 5.73 Å². The Morgan fingerprint density at radius 2 is 2.19 bits per heavy atom. The van der Waals surface area contributed by atoms with Crippen LogP contribution in [-0.4, -0.2) is 28.0 Å². The highest BCUT2D eigenvalue weighted by Gasteiger charge is 2.22. The Balaban J connectivity index is 2.65. The van der Waals surface area contributed by atoms with Gasteiger partial charge in [0.1, 0.15) is 10.9 Å². The Morgan fingerprint density at radius 1 is 1.48 bits per heavy atom. The third-order valence-corrected chi connectivity index (χ3v) is 3.95. The molecule has 1 amide bonds. The maximum atomic E-state index is 12.5. The molecule has 1 unspecified atom stereocenters. The minimum Gasteiger partial charge on any atom is -0.462 e. The molecule has 0 aliphatic rings. The minimum atomic E-state index is -0.788. The number of hydrogen-bond acceptors (Lipinski definition) is 6. The fourth-order valence-electron chi connectivity index (χ4n) is 2.06. The number of thiophene rings is 1. The van der Waals surface area contributed by atoms with E-state index in [1.54, 1.807) is 13.8 Å². The molecule has 2 N–H and O–H groups in total. The van der Waals surface area contributed by atoms with Crippen LogP contribution in [0.25, 0.3) is 10.2 Å². The lowest BCUT2D eigenvalue weighted by Gasteiger charge is -2.13. The molecule has 0 saturated heterocycles. The highest BCUT2D eigenvalue weighted by atomic mass is 32.1. The molecule has 0 aliphatic heterocycles. The first kappa shape index (κ1) is 15.2. The number of amides is 1. The summed E-state index contributed by atoms with van der Waals surface area (Å²) in [4.78, 5) is 40.4. The van der Waals surface area contributed by atoms with Crippen LogP contribution in [0.2, 0.25) is 0 Å². The second-order valence-electron chi connectivity index (χ2n) is 4.33. The van der Waals surface area contributed by atoms with E-state index in [0.717, 1.165) is 0 Å². The van der Waals surface area contributed by atoms with Crippen molar-refractivity contribution in [3.05, 3.63) is 27.6 Å². The smallest absolute Gasteiger partial charge is 0.339 e. The van der Waals surface area contributed by atoms with Gasteiger partial charge in [0.2, 0.25) is 5.91 Å². The molecule has 1 atom stereocenters. The van der Waals surface area contributed by atoms with E-state index >= 15 is 0 Å². The topological polar surface area (TPSA) is 104 Å². The number of ether oxygens (including phenoxy) is 1. The predicted molar refractivity (Wildman–Crippen MR) is 78.4 cm³/mol. The lowest BCUT2D eigenvalue weighted by atomic mass is 10.2. The van der Waals surface area contributed by atoms with Crippen LogP contribution in [0.15, 0.2) is 16.5 Å². The molecule has 112 valence electrons. The summed E-state index contributed by atoms with van der Waals surface area (Å²) in [6.45, 7) is 3.64. The summed E-state index contributed by atoms with van der Waals surface area (Å²) in [5, 5.41) is 1.70. The number of primary amides is 1. The lowest BCUT2D eigenvalue weighted by molar-refractivity contribution is -0.121. The van der Waals surface area contributed by atoms with Crippen LogP contribution in [0.1, 0.15) is 36.7 Å². The number of esters is 1. The van der Waals surface area contributed by atoms with Gasteiger partial charge >= 0.3 is 5.97 Å². The Morgan fingerprint density at radius 3 is 2.76 bits per heavy atom. The molecule has 2 heterocycles. The zero-order valence-electron chi connectivity index (χ0n) is 11.7. The average Bonchev–Trinajstić information content (AvgIpc) is 2.87. The van der Waals surface area contributed by atoms with Gasteiger partial charge in [0.15, 0.2) is 0 Å². The summed E-state index contributed by atoms with van der Waals surface area (Å²) < 4.78 is 6.09. The van der Waals surface area contributed by atoms with Crippen molar-refractivity contribution < 1.29 is 14.3 Å². The summed E-state index contributed by atoms with van der Waals surface area (Å²) in [7, 11) is 0. The third kappa shape index (κ3) is 2.66. The molecule has 2 aromatic heterocycles. The van der Waals surface area contributed by atoms with Gasteiger partial charge in [-0.2, -0.15) is 0 Å². The SMILES string of the molecule is CCOC(=O)c1csc2ncn(C(CC)C(N)=O)c(=O)c12. The van der Waals surface area contributed by atoms with Crippen LogP contribution >= 0.6 is 11.3 Å². The van der Waals surface area contributed by atoms with Crippen LogP contribution in [0.4, 0.5) is 0 Å². The quantitative estimate of drug-likeness (QED) is 0.832. The zero-order chi connectivity index (χ0) is 15.6. The second-order valence-corrected chi connectivity index (χ2v) is 5.19. The summed E-state index contributed by atoms with van der Waals surface area (Å²) in [6, 6.07) is -0.788. The molecule has 0 spiro atoms. The second kappa shape index (κ2) is 6.04. The summed E-state index contributed by atoms with van der Waals surface area (Å²) in [5.41, 5.74) is 5.00. The van der Waals surface area contributed by atoms with Gasteiger partial charge in [0, 0.05) is 5.38 Å². The van der Waals surface area contributed by atoms with Gasteiger partial charge in [-0.1, -0.05) is 6.92 Å². The van der Waals surface area contributed by atoms with E-state index < -0.39 is 23.5 Å². The first-order chi connectivity index (χ1) is 10.0. The summed E-state index contributed by atoms with van der Waals surface area (Å²) in [5.74, 6) is -1.19. The minimum absolute atomic E-state index is 0.167. The normalized spacial score (nSPS) is 12.3. The van der Waals surface area contributed by atoms with Crippen LogP contribution < -0.4 is 11.3 Å². The molecule has 2 rings (SSSR count). The number of nitrogens with two attached hydrogens (primary N) is 1. The molecule has 7 nitrogen and oxygen atoms in total. The molecule has 8 heteroatoms. The highest BCUT2D eigenvalue weighted by molar-refractivity contribution is 7.17. The van der Waals surface area contributed by atoms with E-state index in [0.29, 0.717) is 11.3 Å². The van der Waals surface area contributed by atoms with Crippen molar-refractivity contribution in [3.63, 3.8) is 0 Å². The number of nitrogens with zero attached hydrogens (tertiary/aromatic N) is 2. The molecule has 0 aromatic carbocycles. The Labute approximate surface area is 124 Å². The van der Waals surface area contributed by atoms with Crippen molar-refractivity contribution in [2.45, 2.75) is 26.3 Å². The largest absolute Gasteiger partial charge is 0.462 e. The van der Waals surface area contributed by atoms with Gasteiger partial charge in [-0.3, -0.25) is 14.2 Å². The predicted octanol–water partition coefficient (Wildman–Crippen LogP) is 1.07. The van der Waals surface area contributed by atoms with Gasteiger partial charge in [-0.05, 0) is 13.3 Å². The molecule has 0 bridgehead atoms. The Hall–Kier alpha value is -2.22. The van der Waals surface area contributed by atoms with Crippen LogP contribution in [0, 0.1) is 0 Å². The Kier molecular flexibility index (Phi) is 4.37. The number of aromatic nitrogens is 2. The van der Waals surface area contributed by atoms with E-state index in [2.05, 4.69) is 4.98 Å².